The van der Waals surface area contributed by atoms with E-state index in [1.807, 2.05) is 0 Å². The van der Waals surface area contributed by atoms with Gasteiger partial charge in [0.1, 0.15) is 0 Å². The Bertz CT molecular complexity index is 855. The van der Waals surface area contributed by atoms with Crippen LogP contribution in [0.3, 0.4) is 0 Å². The Hall–Kier alpha value is -0.950. The molecule has 0 heterocycles. The third-order valence-electron chi connectivity index (χ3n) is 7.19. The largest absolute Gasteiger partial charge is 0.196 e. The van der Waals surface area contributed by atoms with Crippen molar-refractivity contribution in [3.05, 3.63) is 68.8 Å². The van der Waals surface area contributed by atoms with Gasteiger partial charge in [-0.05, 0) is 19.3 Å². The van der Waals surface area contributed by atoms with Crippen LogP contribution in [0.25, 0.3) is 10.8 Å². The Kier molecular flexibility index (Phi) is 9.14. The molecular formula is C28H38Hf-2. The molecule has 0 aromatic heterocycles. The van der Waals surface area contributed by atoms with E-state index in [1.54, 1.807) is 16.7 Å². The van der Waals surface area contributed by atoms with Crippen LogP contribution in [0, 0.1) is 34.6 Å². The smallest absolute Gasteiger partial charge is 0 e. The van der Waals surface area contributed by atoms with Crippen LogP contribution in [-0.4, -0.2) is 0 Å². The number of benzene rings is 1. The fourth-order valence-electron chi connectivity index (χ4n) is 4.71. The average Bonchev–Trinajstić information content (AvgIpc) is 3.36. The van der Waals surface area contributed by atoms with Crippen LogP contribution in [0.15, 0.2) is 24.3 Å². The Morgan fingerprint density at radius 2 is 1.48 bits per heavy atom. The predicted octanol–water partition coefficient (Wildman–Crippen LogP) is 8.12. The van der Waals surface area contributed by atoms with E-state index in [2.05, 4.69) is 65.8 Å². The molecule has 0 unspecified atom stereocenters. The molecule has 1 aliphatic carbocycles. The first-order valence-corrected chi connectivity index (χ1v) is 11.3. The summed E-state index contributed by atoms with van der Waals surface area (Å²) in [5.41, 5.74) is 12.1. The quantitative estimate of drug-likeness (QED) is 0.170. The van der Waals surface area contributed by atoms with E-state index >= 15 is 0 Å². The van der Waals surface area contributed by atoms with Crippen molar-refractivity contribution in [2.24, 2.45) is 0 Å². The predicted molar refractivity (Wildman–Crippen MR) is 125 cm³/mol. The van der Waals surface area contributed by atoms with Crippen LogP contribution >= 0.6 is 0 Å². The van der Waals surface area contributed by atoms with Gasteiger partial charge in [0.05, 0.1) is 0 Å². The van der Waals surface area contributed by atoms with Crippen LogP contribution in [0.1, 0.15) is 83.5 Å². The Morgan fingerprint density at radius 1 is 0.862 bits per heavy atom. The van der Waals surface area contributed by atoms with Crippen LogP contribution in [0.4, 0.5) is 0 Å². The van der Waals surface area contributed by atoms with Crippen molar-refractivity contribution >= 4 is 10.8 Å². The second-order valence-corrected chi connectivity index (χ2v) is 8.86. The molecule has 1 aliphatic rings. The number of hydrogen-bond acceptors (Lipinski definition) is 0. The molecule has 0 N–H and O–H groups in total. The molecule has 0 aliphatic heterocycles. The van der Waals surface area contributed by atoms with Gasteiger partial charge in [-0.15, -0.1) is 34.5 Å². The van der Waals surface area contributed by atoms with Gasteiger partial charge in [0.2, 0.25) is 0 Å². The average molecular weight is 553 g/mol. The van der Waals surface area contributed by atoms with E-state index in [0.717, 1.165) is 0 Å². The van der Waals surface area contributed by atoms with Crippen molar-refractivity contribution in [2.45, 2.75) is 92.9 Å². The zero-order valence-electron chi connectivity index (χ0n) is 19.5. The van der Waals surface area contributed by atoms with Crippen LogP contribution in [0.5, 0.6) is 0 Å². The van der Waals surface area contributed by atoms with Crippen molar-refractivity contribution in [3.63, 3.8) is 0 Å². The van der Waals surface area contributed by atoms with Gasteiger partial charge >= 0.3 is 0 Å². The molecule has 156 valence electrons. The van der Waals surface area contributed by atoms with Gasteiger partial charge in [-0.3, -0.25) is 0 Å². The number of unbranched alkanes of at least 4 members (excludes halogenated alkanes) is 3. The second-order valence-electron chi connectivity index (χ2n) is 8.86. The van der Waals surface area contributed by atoms with Crippen molar-refractivity contribution in [2.75, 3.05) is 0 Å². The molecule has 3 aromatic rings. The molecule has 0 saturated heterocycles. The molecule has 0 saturated carbocycles. The summed E-state index contributed by atoms with van der Waals surface area (Å²) in [5, 5.41) is 3.01. The molecule has 0 spiro atoms. The van der Waals surface area contributed by atoms with Crippen LogP contribution in [0.2, 0.25) is 0 Å². The molecule has 29 heavy (non-hydrogen) atoms. The third kappa shape index (κ3) is 5.40. The first-order chi connectivity index (χ1) is 13.4. The van der Waals surface area contributed by atoms with Gasteiger partial charge in [0, 0.05) is 25.8 Å². The van der Waals surface area contributed by atoms with E-state index < -0.39 is 0 Å². The standard InChI is InChI=1S/C18H23.C10H15.Hf/c1-2-3-4-5-7-14-10-11-17-12-15-8-6-9-16(15)13-18(14)17;1-6-7(2)9(4)10(5)8(6)3;/h10-13H,2-9H2,1H3;1-5H3;/q2*-1;. The zero-order chi connectivity index (χ0) is 20.3. The van der Waals surface area contributed by atoms with E-state index in [0.29, 0.717) is 0 Å². The summed E-state index contributed by atoms with van der Waals surface area (Å²) >= 11 is 0. The Morgan fingerprint density at radius 3 is 2.03 bits per heavy atom. The summed E-state index contributed by atoms with van der Waals surface area (Å²) < 4.78 is 0. The molecule has 3 aromatic carbocycles. The van der Waals surface area contributed by atoms with E-state index in [1.165, 1.54) is 90.0 Å². The van der Waals surface area contributed by atoms with Gasteiger partial charge in [-0.1, -0.05) is 84.8 Å². The topological polar surface area (TPSA) is 0 Å². The molecule has 1 heteroatoms. The van der Waals surface area contributed by atoms with E-state index in [4.69, 9.17) is 0 Å². The summed E-state index contributed by atoms with van der Waals surface area (Å²) in [5.74, 6) is 0. The first-order valence-electron chi connectivity index (χ1n) is 11.3. The summed E-state index contributed by atoms with van der Waals surface area (Å²) in [6.45, 7) is 13.3. The number of fused-ring (bicyclic) bond motifs is 2. The molecular weight excluding hydrogens is 515 g/mol. The fraction of sp³-hybridized carbons (Fsp3) is 0.500. The van der Waals surface area contributed by atoms with E-state index in [9.17, 15) is 0 Å². The number of rotatable bonds is 5. The first kappa shape index (κ1) is 24.3. The molecule has 0 bridgehead atoms. The maximum absolute atomic E-state index is 2.48. The van der Waals surface area contributed by atoms with Gasteiger partial charge in [0.25, 0.3) is 0 Å². The fourth-order valence-corrected chi connectivity index (χ4v) is 4.71. The Balaban J connectivity index is 0.000000234. The SMILES string of the molecule is CCCCCC[c-]1ccc2cc3c(cc21)CCC3.Cc1c(C)c(C)[c-](C)c1C.[Hf]. The van der Waals surface area contributed by atoms with E-state index in [-0.39, 0.29) is 25.8 Å². The second kappa shape index (κ2) is 10.9. The van der Waals surface area contributed by atoms with Crippen LogP contribution in [-0.2, 0) is 45.1 Å². The maximum Gasteiger partial charge on any atom is 0 e. The van der Waals surface area contributed by atoms with Gasteiger partial charge in [-0.25, -0.2) is 0 Å². The summed E-state index contributed by atoms with van der Waals surface area (Å²) in [7, 11) is 0. The molecule has 4 rings (SSSR count). The van der Waals surface area contributed by atoms with Crippen molar-refractivity contribution in [1.29, 1.82) is 0 Å². The summed E-state index contributed by atoms with van der Waals surface area (Å²) in [6.07, 6.45) is 10.7. The van der Waals surface area contributed by atoms with Gasteiger partial charge in [0.15, 0.2) is 0 Å². The molecule has 0 nitrogen and oxygen atoms in total. The molecule has 0 fully saturated rings. The minimum Gasteiger partial charge on any atom is -0.196 e. The zero-order valence-corrected chi connectivity index (χ0v) is 23.1. The van der Waals surface area contributed by atoms with Gasteiger partial charge < -0.3 is 0 Å². The number of aryl methyl sites for hydroxylation is 3. The summed E-state index contributed by atoms with van der Waals surface area (Å²) in [6, 6.07) is 9.59. The molecule has 0 amide bonds. The normalized spacial score (nSPS) is 12.5. The van der Waals surface area contributed by atoms with Crippen molar-refractivity contribution in [3.8, 4) is 0 Å². The minimum absolute atomic E-state index is 0. The van der Waals surface area contributed by atoms with Crippen LogP contribution < -0.4 is 0 Å². The van der Waals surface area contributed by atoms with Crippen molar-refractivity contribution in [1.82, 2.24) is 0 Å². The van der Waals surface area contributed by atoms with Gasteiger partial charge in [-0.2, -0.15) is 33.9 Å². The van der Waals surface area contributed by atoms with Crippen molar-refractivity contribution < 1.29 is 25.8 Å². The molecule has 0 atom stereocenters. The summed E-state index contributed by atoms with van der Waals surface area (Å²) in [4.78, 5) is 0. The third-order valence-corrected chi connectivity index (χ3v) is 7.19. The number of hydrogen-bond donors (Lipinski definition) is 0. The minimum atomic E-state index is 0. The maximum atomic E-state index is 2.48. The Labute approximate surface area is 197 Å². The monoisotopic (exact) mass is 554 g/mol. The molecule has 0 radical (unpaired) electrons.